The monoisotopic (exact) mass is 407 g/mol. The van der Waals surface area contributed by atoms with Gasteiger partial charge in [-0.15, -0.1) is 0 Å². The van der Waals surface area contributed by atoms with Crippen molar-refractivity contribution >= 4 is 22.3 Å². The highest BCUT2D eigenvalue weighted by molar-refractivity contribution is 7.89. The zero-order valence-corrected chi connectivity index (χ0v) is 15.4. The van der Waals surface area contributed by atoms with Crippen molar-refractivity contribution in [1.82, 2.24) is 14.1 Å². The third-order valence-electron chi connectivity index (χ3n) is 4.06. The largest absolute Gasteiger partial charge is 0.416 e. The van der Waals surface area contributed by atoms with Crippen LogP contribution >= 0.6 is 0 Å². The van der Waals surface area contributed by atoms with Crippen LogP contribution in [0.25, 0.3) is 0 Å². The third-order valence-corrected chi connectivity index (χ3v) is 5.97. The number of halogens is 3. The molecule has 2 N–H and O–H groups in total. The van der Waals surface area contributed by atoms with Crippen LogP contribution in [-0.4, -0.2) is 74.5 Å². The van der Waals surface area contributed by atoms with Crippen LogP contribution in [-0.2, 0) is 21.0 Å². The predicted molar refractivity (Wildman–Crippen MR) is 92.1 cm³/mol. The molecule has 1 aromatic carbocycles. The van der Waals surface area contributed by atoms with E-state index < -0.39 is 21.8 Å². The quantitative estimate of drug-likeness (QED) is 0.329. The lowest BCUT2D eigenvalue weighted by Gasteiger charge is -2.34. The van der Waals surface area contributed by atoms with Crippen LogP contribution in [0.5, 0.6) is 0 Å². The summed E-state index contributed by atoms with van der Waals surface area (Å²) in [5, 5.41) is 3.31. The number of carbonyl (C=O) groups excluding carboxylic acids is 1. The van der Waals surface area contributed by atoms with E-state index >= 15 is 0 Å². The first-order valence-corrected chi connectivity index (χ1v) is 9.38. The van der Waals surface area contributed by atoms with Crippen LogP contribution in [0.3, 0.4) is 0 Å². The summed E-state index contributed by atoms with van der Waals surface area (Å²) in [4.78, 5) is 14.9. The van der Waals surface area contributed by atoms with Gasteiger partial charge in [-0.25, -0.2) is 8.42 Å². The zero-order valence-electron chi connectivity index (χ0n) is 14.6. The first-order chi connectivity index (χ1) is 12.6. The van der Waals surface area contributed by atoms with Crippen LogP contribution in [0.15, 0.2) is 34.3 Å². The molecular formula is C15H20F3N5O3S. The molecule has 0 radical (unpaired) electrons. The van der Waals surface area contributed by atoms with Gasteiger partial charge in [-0.3, -0.25) is 4.79 Å². The van der Waals surface area contributed by atoms with E-state index in [1.165, 1.54) is 16.1 Å². The van der Waals surface area contributed by atoms with Crippen LogP contribution < -0.4 is 5.84 Å². The second-order valence-electron chi connectivity index (χ2n) is 5.99. The number of amides is 1. The van der Waals surface area contributed by atoms with Gasteiger partial charge >= 0.3 is 6.18 Å². The van der Waals surface area contributed by atoms with Gasteiger partial charge in [0.1, 0.15) is 6.34 Å². The molecule has 0 bridgehead atoms. The highest BCUT2D eigenvalue weighted by atomic mass is 32.2. The van der Waals surface area contributed by atoms with Crippen molar-refractivity contribution in [3.8, 4) is 0 Å². The molecule has 0 spiro atoms. The summed E-state index contributed by atoms with van der Waals surface area (Å²) in [5.74, 6) is 4.80. The van der Waals surface area contributed by atoms with Crippen LogP contribution in [0.4, 0.5) is 13.2 Å². The second-order valence-corrected chi connectivity index (χ2v) is 7.92. The molecule has 0 unspecified atom stereocenters. The number of likely N-dealkylation sites (N-methyl/N-ethyl adjacent to an activating group) is 1. The molecule has 1 aromatic rings. The predicted octanol–water partition coefficient (Wildman–Crippen LogP) is 0.372. The molecule has 150 valence electrons. The standard InChI is InChI=1S/C15H20F3N5O3S/c1-21(11-20-19)10-14(24)22-6-8-23(9-7-22)27(25,26)13-4-2-12(3-5-13)15(16,17)18/h2-5,11H,6-10,19H2,1H3/b20-11-. The van der Waals surface area contributed by atoms with Crippen molar-refractivity contribution in [1.29, 1.82) is 0 Å². The Balaban J connectivity index is 2.01. The molecule has 27 heavy (non-hydrogen) atoms. The third kappa shape index (κ3) is 5.10. The van der Waals surface area contributed by atoms with Gasteiger partial charge in [-0.2, -0.15) is 22.6 Å². The van der Waals surface area contributed by atoms with Crippen molar-refractivity contribution in [2.24, 2.45) is 10.9 Å². The Labute approximate surface area is 155 Å². The normalized spacial score (nSPS) is 16.7. The number of rotatable bonds is 5. The van der Waals surface area contributed by atoms with E-state index in [0.29, 0.717) is 0 Å². The SMILES string of the molecule is CN(/C=N\N)CC(=O)N1CCN(S(=O)(=O)c2ccc(C(F)(F)F)cc2)CC1. The van der Waals surface area contributed by atoms with E-state index in [1.54, 1.807) is 7.05 Å². The Morgan fingerprint density at radius 2 is 1.78 bits per heavy atom. The minimum atomic E-state index is -4.53. The van der Waals surface area contributed by atoms with Crippen LogP contribution in [0, 0.1) is 0 Å². The van der Waals surface area contributed by atoms with E-state index in [0.717, 1.165) is 28.6 Å². The van der Waals surface area contributed by atoms with E-state index in [4.69, 9.17) is 5.84 Å². The van der Waals surface area contributed by atoms with E-state index in [2.05, 4.69) is 5.10 Å². The molecule has 12 heteroatoms. The summed E-state index contributed by atoms with van der Waals surface area (Å²) in [6.07, 6.45) is -3.24. The molecule has 8 nitrogen and oxygen atoms in total. The fourth-order valence-electron chi connectivity index (χ4n) is 2.61. The van der Waals surface area contributed by atoms with Gasteiger partial charge in [0.15, 0.2) is 0 Å². The summed E-state index contributed by atoms with van der Waals surface area (Å²) in [5.41, 5.74) is -0.915. The Hall–Kier alpha value is -2.34. The Bertz CT molecular complexity index is 788. The maximum absolute atomic E-state index is 12.6. The first-order valence-electron chi connectivity index (χ1n) is 7.94. The molecular weight excluding hydrogens is 387 g/mol. The molecule has 1 amide bonds. The number of alkyl halides is 3. The fraction of sp³-hybridized carbons (Fsp3) is 0.467. The van der Waals surface area contributed by atoms with Gasteiger partial charge in [-0.1, -0.05) is 0 Å². The molecule has 0 atom stereocenters. The summed E-state index contributed by atoms with van der Waals surface area (Å²) in [6.45, 7) is 0.540. The van der Waals surface area contributed by atoms with Gasteiger partial charge in [0.05, 0.1) is 17.0 Å². The van der Waals surface area contributed by atoms with Gasteiger partial charge in [0.2, 0.25) is 15.9 Å². The highest BCUT2D eigenvalue weighted by Crippen LogP contribution is 2.30. The molecule has 1 saturated heterocycles. The Morgan fingerprint density at radius 1 is 1.22 bits per heavy atom. The highest BCUT2D eigenvalue weighted by Gasteiger charge is 2.33. The van der Waals surface area contributed by atoms with Crippen molar-refractivity contribution in [3.05, 3.63) is 29.8 Å². The molecule has 1 fully saturated rings. The van der Waals surface area contributed by atoms with Crippen molar-refractivity contribution in [3.63, 3.8) is 0 Å². The van der Waals surface area contributed by atoms with Crippen molar-refractivity contribution < 1.29 is 26.4 Å². The van der Waals surface area contributed by atoms with Gasteiger partial charge in [0.25, 0.3) is 0 Å². The Morgan fingerprint density at radius 3 is 2.26 bits per heavy atom. The maximum atomic E-state index is 12.6. The molecule has 0 aromatic heterocycles. The average molecular weight is 407 g/mol. The number of hydrogen-bond donors (Lipinski definition) is 1. The molecule has 1 heterocycles. The molecule has 1 aliphatic rings. The number of carbonyl (C=O) groups is 1. The molecule has 0 aliphatic carbocycles. The lowest BCUT2D eigenvalue weighted by molar-refractivity contribution is -0.137. The summed E-state index contributed by atoms with van der Waals surface area (Å²) >= 11 is 0. The number of nitrogens with zero attached hydrogens (tertiary/aromatic N) is 4. The van der Waals surface area contributed by atoms with E-state index in [1.807, 2.05) is 0 Å². The average Bonchev–Trinajstić information content (AvgIpc) is 2.61. The minimum Gasteiger partial charge on any atom is -0.355 e. The second kappa shape index (κ2) is 8.13. The lowest BCUT2D eigenvalue weighted by atomic mass is 10.2. The van der Waals surface area contributed by atoms with Crippen molar-refractivity contribution in [2.45, 2.75) is 11.1 Å². The fourth-order valence-corrected chi connectivity index (χ4v) is 4.03. The van der Waals surface area contributed by atoms with Gasteiger partial charge in [0, 0.05) is 33.2 Å². The van der Waals surface area contributed by atoms with E-state index in [9.17, 15) is 26.4 Å². The van der Waals surface area contributed by atoms with E-state index in [-0.39, 0.29) is 43.5 Å². The maximum Gasteiger partial charge on any atom is 0.416 e. The molecule has 1 aliphatic heterocycles. The number of nitrogens with two attached hydrogens (primary N) is 1. The number of benzene rings is 1. The van der Waals surface area contributed by atoms with Gasteiger partial charge in [-0.05, 0) is 24.3 Å². The number of sulfonamides is 1. The molecule has 0 saturated carbocycles. The minimum absolute atomic E-state index is 0.0480. The smallest absolute Gasteiger partial charge is 0.355 e. The lowest BCUT2D eigenvalue weighted by Crippen LogP contribution is -2.52. The summed E-state index contributed by atoms with van der Waals surface area (Å²) < 4.78 is 64.2. The van der Waals surface area contributed by atoms with Gasteiger partial charge < -0.3 is 15.6 Å². The Kier molecular flexibility index (Phi) is 6.31. The number of hydrazone groups is 1. The first kappa shape index (κ1) is 21.0. The topological polar surface area (TPSA) is 99.3 Å². The van der Waals surface area contributed by atoms with Crippen molar-refractivity contribution in [2.75, 3.05) is 39.8 Å². The van der Waals surface area contributed by atoms with Crippen LogP contribution in [0.2, 0.25) is 0 Å². The summed E-state index contributed by atoms with van der Waals surface area (Å²) in [7, 11) is -2.30. The zero-order chi connectivity index (χ0) is 20.2. The number of hydrogen-bond acceptors (Lipinski definition) is 5. The van der Waals surface area contributed by atoms with Crippen LogP contribution in [0.1, 0.15) is 5.56 Å². The number of piperazine rings is 1. The summed E-state index contributed by atoms with van der Waals surface area (Å²) in [6, 6.07) is 3.36. The molecule has 2 rings (SSSR count).